The van der Waals surface area contributed by atoms with E-state index >= 15 is 0 Å². The summed E-state index contributed by atoms with van der Waals surface area (Å²) in [5, 5.41) is 13.6. The van der Waals surface area contributed by atoms with Crippen LogP contribution in [0.25, 0.3) is 0 Å². The standard InChI is InChI=1S/C14H27N5O5.C10H14/c1-8(11(21)22)18-10(20)9(6-5-7-17-12(15)16)19-13(23)24-14(2,3)4;1-7-5-8(2)10(4)9(3)6-7/h8-9H,5-7H2,1-4H3,(H,18,20)(H,19,23)(H,21,22)(H4,15,16,17);5-6H,1-4H3/t8-,9+;/m0./s1. The number of carbonyl (C=O) groups is 3. The van der Waals surface area contributed by atoms with Crippen LogP contribution in [0.1, 0.15) is 62.8 Å². The van der Waals surface area contributed by atoms with Crippen LogP contribution >= 0.6 is 0 Å². The molecule has 192 valence electrons. The van der Waals surface area contributed by atoms with Gasteiger partial charge in [0.15, 0.2) is 5.96 Å². The average molecular weight is 480 g/mol. The van der Waals surface area contributed by atoms with E-state index in [9.17, 15) is 14.4 Å². The van der Waals surface area contributed by atoms with Crippen LogP contribution in [0.2, 0.25) is 0 Å². The molecule has 34 heavy (non-hydrogen) atoms. The second-order valence-corrected chi connectivity index (χ2v) is 9.24. The molecule has 1 aromatic rings. The van der Waals surface area contributed by atoms with Gasteiger partial charge in [-0.2, -0.15) is 0 Å². The highest BCUT2D eigenvalue weighted by molar-refractivity contribution is 5.89. The molecule has 0 bridgehead atoms. The van der Waals surface area contributed by atoms with Crippen LogP contribution in [0.5, 0.6) is 0 Å². The van der Waals surface area contributed by atoms with Crippen molar-refractivity contribution in [3.05, 3.63) is 34.4 Å². The molecule has 0 aliphatic carbocycles. The van der Waals surface area contributed by atoms with E-state index in [4.69, 9.17) is 21.3 Å². The first-order chi connectivity index (χ1) is 15.5. The van der Waals surface area contributed by atoms with Crippen LogP contribution in [0.3, 0.4) is 0 Å². The quantitative estimate of drug-likeness (QED) is 0.217. The van der Waals surface area contributed by atoms with Gasteiger partial charge in [0, 0.05) is 6.54 Å². The third kappa shape index (κ3) is 13.3. The Morgan fingerprint density at radius 1 is 1.06 bits per heavy atom. The molecule has 0 aliphatic rings. The summed E-state index contributed by atoms with van der Waals surface area (Å²) in [6.45, 7) is 15.3. The van der Waals surface area contributed by atoms with Gasteiger partial charge in [-0.1, -0.05) is 17.7 Å². The molecule has 1 aromatic carbocycles. The Balaban J connectivity index is 0.000000896. The van der Waals surface area contributed by atoms with Crippen LogP contribution in [0.4, 0.5) is 4.79 Å². The molecule has 0 unspecified atom stereocenters. The normalized spacial score (nSPS) is 12.4. The molecule has 0 fully saturated rings. The molecule has 0 heterocycles. The van der Waals surface area contributed by atoms with Crippen molar-refractivity contribution in [2.45, 2.75) is 85.9 Å². The lowest BCUT2D eigenvalue weighted by Crippen LogP contribution is -2.51. The van der Waals surface area contributed by atoms with Crippen LogP contribution in [-0.4, -0.2) is 53.3 Å². The number of nitrogens with zero attached hydrogens (tertiary/aromatic N) is 1. The van der Waals surface area contributed by atoms with Gasteiger partial charge in [0.2, 0.25) is 5.91 Å². The maximum absolute atomic E-state index is 12.2. The fraction of sp³-hybridized carbons (Fsp3) is 0.583. The lowest BCUT2D eigenvalue weighted by molar-refractivity contribution is -0.141. The number of carboxylic acids is 1. The molecule has 0 aromatic heterocycles. The summed E-state index contributed by atoms with van der Waals surface area (Å²) in [5.41, 5.74) is 15.3. The monoisotopic (exact) mass is 479 g/mol. The summed E-state index contributed by atoms with van der Waals surface area (Å²) in [7, 11) is 0. The van der Waals surface area contributed by atoms with E-state index in [0.717, 1.165) is 0 Å². The van der Waals surface area contributed by atoms with E-state index in [1.165, 1.54) is 29.2 Å². The molecular weight excluding hydrogens is 438 g/mol. The maximum atomic E-state index is 12.2. The van der Waals surface area contributed by atoms with E-state index in [1.54, 1.807) is 20.8 Å². The van der Waals surface area contributed by atoms with Gasteiger partial charge in [-0.05, 0) is 84.9 Å². The largest absolute Gasteiger partial charge is 0.480 e. The number of aryl methyl sites for hydroxylation is 3. The first-order valence-electron chi connectivity index (χ1n) is 11.2. The third-order valence-corrected chi connectivity index (χ3v) is 4.75. The van der Waals surface area contributed by atoms with Crippen molar-refractivity contribution in [1.82, 2.24) is 10.6 Å². The molecule has 10 nitrogen and oxygen atoms in total. The summed E-state index contributed by atoms with van der Waals surface area (Å²) in [4.78, 5) is 38.6. The van der Waals surface area contributed by atoms with Crippen molar-refractivity contribution < 1.29 is 24.2 Å². The number of guanidine groups is 1. The van der Waals surface area contributed by atoms with Crippen molar-refractivity contribution in [3.8, 4) is 0 Å². The average Bonchev–Trinajstić information content (AvgIpc) is 2.67. The molecule has 7 N–H and O–H groups in total. The van der Waals surface area contributed by atoms with Gasteiger partial charge in [-0.15, -0.1) is 0 Å². The van der Waals surface area contributed by atoms with Crippen molar-refractivity contribution in [3.63, 3.8) is 0 Å². The fourth-order valence-electron chi connectivity index (χ4n) is 2.85. The van der Waals surface area contributed by atoms with E-state index in [0.29, 0.717) is 6.42 Å². The van der Waals surface area contributed by atoms with Gasteiger partial charge in [0.1, 0.15) is 17.7 Å². The van der Waals surface area contributed by atoms with Gasteiger partial charge in [-0.25, -0.2) is 4.79 Å². The van der Waals surface area contributed by atoms with Gasteiger partial charge in [0.05, 0.1) is 0 Å². The van der Waals surface area contributed by atoms with E-state index < -0.39 is 35.7 Å². The summed E-state index contributed by atoms with van der Waals surface area (Å²) >= 11 is 0. The summed E-state index contributed by atoms with van der Waals surface area (Å²) in [5.74, 6) is -1.88. The van der Waals surface area contributed by atoms with E-state index in [-0.39, 0.29) is 18.9 Å². The minimum Gasteiger partial charge on any atom is -0.480 e. The number of amides is 2. The van der Waals surface area contributed by atoms with Crippen LogP contribution in [0.15, 0.2) is 17.1 Å². The lowest BCUT2D eigenvalue weighted by atomic mass is 10.0. The lowest BCUT2D eigenvalue weighted by Gasteiger charge is -2.23. The molecule has 10 heteroatoms. The van der Waals surface area contributed by atoms with Gasteiger partial charge < -0.3 is 31.9 Å². The summed E-state index contributed by atoms with van der Waals surface area (Å²) in [6.07, 6.45) is -0.144. The first kappa shape index (κ1) is 30.7. The number of benzene rings is 1. The number of rotatable bonds is 8. The number of carboxylic acid groups (broad SMARTS) is 1. The predicted octanol–water partition coefficient (Wildman–Crippen LogP) is 2.44. The highest BCUT2D eigenvalue weighted by Gasteiger charge is 2.26. The fourth-order valence-corrected chi connectivity index (χ4v) is 2.85. The minimum absolute atomic E-state index is 0.0735. The Morgan fingerprint density at radius 3 is 2.03 bits per heavy atom. The minimum atomic E-state index is -1.18. The highest BCUT2D eigenvalue weighted by Crippen LogP contribution is 2.14. The smallest absolute Gasteiger partial charge is 0.408 e. The number of carbonyl (C=O) groups excluding carboxylic acids is 2. The molecule has 0 spiro atoms. The number of aliphatic imine (C=N–C) groups is 1. The molecule has 0 saturated heterocycles. The Kier molecular flexibility index (Phi) is 12.7. The number of aliphatic carboxylic acids is 1. The summed E-state index contributed by atoms with van der Waals surface area (Å²) < 4.78 is 5.10. The van der Waals surface area contributed by atoms with Crippen LogP contribution in [0, 0.1) is 27.7 Å². The number of nitrogens with two attached hydrogens (primary N) is 2. The van der Waals surface area contributed by atoms with Crippen LogP contribution < -0.4 is 22.1 Å². The van der Waals surface area contributed by atoms with Crippen molar-refractivity contribution in [2.75, 3.05) is 6.54 Å². The third-order valence-electron chi connectivity index (χ3n) is 4.75. The zero-order chi connectivity index (χ0) is 26.6. The highest BCUT2D eigenvalue weighted by atomic mass is 16.6. The molecule has 1 rings (SSSR count). The SMILES string of the molecule is C[C@H](NC(=O)[C@@H](CCCN=C(N)N)NC(=O)OC(C)(C)C)C(=O)O.Cc1cc(C)c(C)c(C)c1. The zero-order valence-corrected chi connectivity index (χ0v) is 21.6. The Labute approximate surface area is 202 Å². The molecule has 0 aliphatic heterocycles. The maximum Gasteiger partial charge on any atom is 0.408 e. The Hall–Kier alpha value is -3.30. The molecular formula is C24H41N5O5. The second kappa shape index (κ2) is 14.1. The number of ether oxygens (including phenoxy) is 1. The van der Waals surface area contributed by atoms with Gasteiger partial charge in [-0.3, -0.25) is 14.6 Å². The van der Waals surface area contributed by atoms with Gasteiger partial charge in [0.25, 0.3) is 0 Å². The Bertz CT molecular complexity index is 850. The topological polar surface area (TPSA) is 169 Å². The second-order valence-electron chi connectivity index (χ2n) is 9.24. The Morgan fingerprint density at radius 2 is 1.59 bits per heavy atom. The van der Waals surface area contributed by atoms with Crippen molar-refractivity contribution >= 4 is 23.9 Å². The summed E-state index contributed by atoms with van der Waals surface area (Å²) in [6, 6.07) is 2.40. The molecule has 2 atom stereocenters. The first-order valence-corrected chi connectivity index (χ1v) is 11.2. The molecule has 0 radical (unpaired) electrons. The van der Waals surface area contributed by atoms with E-state index in [2.05, 4.69) is 55.5 Å². The predicted molar refractivity (Wildman–Crippen MR) is 134 cm³/mol. The zero-order valence-electron chi connectivity index (χ0n) is 21.6. The van der Waals surface area contributed by atoms with Crippen LogP contribution in [-0.2, 0) is 14.3 Å². The number of hydrogen-bond acceptors (Lipinski definition) is 5. The van der Waals surface area contributed by atoms with Gasteiger partial charge >= 0.3 is 12.1 Å². The van der Waals surface area contributed by atoms with Crippen molar-refractivity contribution in [1.29, 1.82) is 0 Å². The van der Waals surface area contributed by atoms with Crippen molar-refractivity contribution in [2.24, 2.45) is 16.5 Å². The molecule has 0 saturated carbocycles. The molecule has 2 amide bonds. The number of nitrogens with one attached hydrogen (secondary N) is 2. The number of hydrogen-bond donors (Lipinski definition) is 5. The number of alkyl carbamates (subject to hydrolysis) is 1. The van der Waals surface area contributed by atoms with E-state index in [1.807, 2.05) is 0 Å².